The van der Waals surface area contributed by atoms with E-state index in [-0.39, 0.29) is 11.7 Å². The lowest BCUT2D eigenvalue weighted by atomic mass is 10.00. The average Bonchev–Trinajstić information content (AvgIpc) is 2.60. The van der Waals surface area contributed by atoms with E-state index in [0.29, 0.717) is 35.7 Å². The number of hydrogen-bond donors (Lipinski definition) is 1. The summed E-state index contributed by atoms with van der Waals surface area (Å²) < 4.78 is 27.6. The molecular formula is C20H23ClN2O3S. The number of halogens is 1. The number of amides is 1. The third kappa shape index (κ3) is 5.02. The zero-order valence-corrected chi connectivity index (χ0v) is 16.8. The average molecular weight is 407 g/mol. The Labute approximate surface area is 165 Å². The maximum Gasteiger partial charge on any atom is 0.236 e. The summed E-state index contributed by atoms with van der Waals surface area (Å²) in [7, 11) is -3.56. The number of benzene rings is 2. The van der Waals surface area contributed by atoms with Gasteiger partial charge in [0, 0.05) is 29.4 Å². The Morgan fingerprint density at radius 1 is 1.15 bits per heavy atom. The molecule has 0 aliphatic carbocycles. The van der Waals surface area contributed by atoms with Gasteiger partial charge in [0.2, 0.25) is 15.9 Å². The van der Waals surface area contributed by atoms with E-state index in [1.54, 1.807) is 30.3 Å². The van der Waals surface area contributed by atoms with Crippen LogP contribution in [-0.2, 0) is 27.0 Å². The normalized spacial score (nSPS) is 14.1. The lowest BCUT2D eigenvalue weighted by Gasteiger charge is -2.29. The Morgan fingerprint density at radius 2 is 1.96 bits per heavy atom. The Balaban J connectivity index is 1.77. The molecule has 0 spiro atoms. The molecule has 1 aliphatic rings. The second-order valence-electron chi connectivity index (χ2n) is 6.73. The van der Waals surface area contributed by atoms with Crippen LogP contribution in [0, 0.1) is 0 Å². The van der Waals surface area contributed by atoms with E-state index in [1.807, 2.05) is 17.0 Å². The summed E-state index contributed by atoms with van der Waals surface area (Å²) in [6.07, 6.45) is 3.04. The van der Waals surface area contributed by atoms with Gasteiger partial charge in [-0.2, -0.15) is 0 Å². The molecule has 7 heteroatoms. The van der Waals surface area contributed by atoms with Crippen molar-refractivity contribution in [1.82, 2.24) is 0 Å². The highest BCUT2D eigenvalue weighted by molar-refractivity contribution is 7.91. The van der Waals surface area contributed by atoms with Gasteiger partial charge in [0.05, 0.1) is 5.75 Å². The van der Waals surface area contributed by atoms with Crippen LogP contribution in [0.1, 0.15) is 37.3 Å². The van der Waals surface area contributed by atoms with E-state index in [9.17, 15) is 13.2 Å². The number of anilines is 2. The fourth-order valence-corrected chi connectivity index (χ4v) is 4.64. The van der Waals surface area contributed by atoms with Crippen molar-refractivity contribution < 1.29 is 13.2 Å². The van der Waals surface area contributed by atoms with Crippen molar-refractivity contribution in [2.45, 2.75) is 38.4 Å². The molecule has 144 valence electrons. The summed E-state index contributed by atoms with van der Waals surface area (Å²) in [4.78, 5) is 14.0. The standard InChI is InChI=1S/C20H23ClN2O3S/c1-2-3-11-23-19-9-8-18(13-16(19)7-10-20(23)24)22-27(25,26)14-15-5-4-6-17(21)12-15/h4-6,8-9,12-13,22H,2-3,7,10-11,14H2,1H3. The molecule has 3 rings (SSSR count). The molecule has 0 bridgehead atoms. The number of carbonyl (C=O) groups excluding carboxylic acids is 1. The van der Waals surface area contributed by atoms with Crippen LogP contribution in [-0.4, -0.2) is 20.9 Å². The van der Waals surface area contributed by atoms with Crippen molar-refractivity contribution in [2.75, 3.05) is 16.2 Å². The third-order valence-electron chi connectivity index (χ3n) is 4.53. The molecule has 5 nitrogen and oxygen atoms in total. The van der Waals surface area contributed by atoms with Crippen LogP contribution in [0.3, 0.4) is 0 Å². The molecule has 2 aromatic rings. The van der Waals surface area contributed by atoms with E-state index in [2.05, 4.69) is 11.6 Å². The van der Waals surface area contributed by atoms with E-state index in [1.165, 1.54) is 0 Å². The van der Waals surface area contributed by atoms with Crippen molar-refractivity contribution >= 4 is 38.9 Å². The van der Waals surface area contributed by atoms with E-state index in [4.69, 9.17) is 11.6 Å². The molecule has 0 aromatic heterocycles. The molecule has 0 atom stereocenters. The minimum atomic E-state index is -3.56. The molecule has 0 fully saturated rings. The van der Waals surface area contributed by atoms with Gasteiger partial charge in [-0.25, -0.2) is 8.42 Å². The van der Waals surface area contributed by atoms with Crippen LogP contribution in [0.25, 0.3) is 0 Å². The summed E-state index contributed by atoms with van der Waals surface area (Å²) in [5.74, 6) is -0.0172. The number of fused-ring (bicyclic) bond motifs is 1. The van der Waals surface area contributed by atoms with Crippen LogP contribution in [0.15, 0.2) is 42.5 Å². The van der Waals surface area contributed by atoms with Crippen molar-refractivity contribution in [3.05, 3.63) is 58.6 Å². The highest BCUT2D eigenvalue weighted by Gasteiger charge is 2.24. The monoisotopic (exact) mass is 406 g/mol. The smallest absolute Gasteiger partial charge is 0.236 e. The maximum absolute atomic E-state index is 12.5. The van der Waals surface area contributed by atoms with E-state index < -0.39 is 10.0 Å². The molecule has 27 heavy (non-hydrogen) atoms. The number of carbonyl (C=O) groups is 1. The van der Waals surface area contributed by atoms with Gasteiger partial charge in [0.25, 0.3) is 0 Å². The van der Waals surface area contributed by atoms with Gasteiger partial charge in [0.1, 0.15) is 0 Å². The van der Waals surface area contributed by atoms with Gasteiger partial charge in [-0.15, -0.1) is 0 Å². The molecule has 0 saturated carbocycles. The minimum Gasteiger partial charge on any atom is -0.312 e. The van der Waals surface area contributed by atoms with Crippen LogP contribution < -0.4 is 9.62 Å². The molecule has 0 unspecified atom stereocenters. The number of nitrogens with one attached hydrogen (secondary N) is 1. The van der Waals surface area contributed by atoms with Gasteiger partial charge >= 0.3 is 0 Å². The van der Waals surface area contributed by atoms with Gasteiger partial charge < -0.3 is 4.90 Å². The largest absolute Gasteiger partial charge is 0.312 e. The summed E-state index contributed by atoms with van der Waals surface area (Å²) in [5.41, 5.74) is 3.02. The van der Waals surface area contributed by atoms with E-state index >= 15 is 0 Å². The predicted molar refractivity (Wildman–Crippen MR) is 110 cm³/mol. The Kier molecular flexibility index (Phi) is 6.07. The number of nitrogens with zero attached hydrogens (tertiary/aromatic N) is 1. The van der Waals surface area contributed by atoms with Crippen LogP contribution in [0.2, 0.25) is 5.02 Å². The summed E-state index contributed by atoms with van der Waals surface area (Å²) in [5, 5.41) is 0.508. The third-order valence-corrected chi connectivity index (χ3v) is 6.03. The Bertz CT molecular complexity index is 944. The van der Waals surface area contributed by atoms with Gasteiger partial charge in [-0.1, -0.05) is 37.1 Å². The summed E-state index contributed by atoms with van der Waals surface area (Å²) >= 11 is 5.93. The van der Waals surface area contributed by atoms with Crippen molar-refractivity contribution in [1.29, 1.82) is 0 Å². The summed E-state index contributed by atoms with van der Waals surface area (Å²) in [6.45, 7) is 2.79. The number of unbranched alkanes of at least 4 members (excludes halogenated alkanes) is 1. The van der Waals surface area contributed by atoms with Crippen molar-refractivity contribution in [3.63, 3.8) is 0 Å². The zero-order chi connectivity index (χ0) is 19.4. The number of sulfonamides is 1. The first-order valence-electron chi connectivity index (χ1n) is 9.06. The van der Waals surface area contributed by atoms with Crippen LogP contribution in [0.4, 0.5) is 11.4 Å². The first kappa shape index (κ1) is 19.7. The molecule has 1 heterocycles. The second kappa shape index (κ2) is 8.31. The lowest BCUT2D eigenvalue weighted by molar-refractivity contribution is -0.118. The second-order valence-corrected chi connectivity index (χ2v) is 8.89. The molecule has 0 saturated heterocycles. The molecule has 1 N–H and O–H groups in total. The van der Waals surface area contributed by atoms with E-state index in [0.717, 1.165) is 24.1 Å². The van der Waals surface area contributed by atoms with Gasteiger partial charge in [-0.05, 0) is 54.3 Å². The SMILES string of the molecule is CCCCN1C(=O)CCc2cc(NS(=O)(=O)Cc3cccc(Cl)c3)ccc21. The van der Waals surface area contributed by atoms with Crippen LogP contribution >= 0.6 is 11.6 Å². The van der Waals surface area contributed by atoms with Crippen molar-refractivity contribution in [2.24, 2.45) is 0 Å². The highest BCUT2D eigenvalue weighted by Crippen LogP contribution is 2.31. The Morgan fingerprint density at radius 3 is 2.70 bits per heavy atom. The Hall–Kier alpha value is -2.05. The first-order valence-corrected chi connectivity index (χ1v) is 11.1. The first-order chi connectivity index (χ1) is 12.9. The van der Waals surface area contributed by atoms with Crippen LogP contribution in [0.5, 0.6) is 0 Å². The fraction of sp³-hybridized carbons (Fsp3) is 0.350. The fourth-order valence-electron chi connectivity index (χ4n) is 3.25. The number of aryl methyl sites for hydroxylation is 1. The molecule has 2 aromatic carbocycles. The molecule has 0 radical (unpaired) electrons. The number of rotatable bonds is 7. The molecular weight excluding hydrogens is 384 g/mol. The van der Waals surface area contributed by atoms with Crippen molar-refractivity contribution in [3.8, 4) is 0 Å². The van der Waals surface area contributed by atoms with Gasteiger partial charge in [-0.3, -0.25) is 9.52 Å². The molecule has 1 amide bonds. The summed E-state index contributed by atoms with van der Waals surface area (Å²) in [6, 6.07) is 12.2. The molecule has 1 aliphatic heterocycles. The zero-order valence-electron chi connectivity index (χ0n) is 15.2. The van der Waals surface area contributed by atoms with Gasteiger partial charge in [0.15, 0.2) is 0 Å². The predicted octanol–water partition coefficient (Wildman–Crippen LogP) is 4.36. The topological polar surface area (TPSA) is 66.5 Å². The highest BCUT2D eigenvalue weighted by atomic mass is 35.5. The lowest BCUT2D eigenvalue weighted by Crippen LogP contribution is -2.35. The number of hydrogen-bond acceptors (Lipinski definition) is 3. The quantitative estimate of drug-likeness (QED) is 0.742. The maximum atomic E-state index is 12.5. The minimum absolute atomic E-state index is 0.130.